The summed E-state index contributed by atoms with van der Waals surface area (Å²) in [7, 11) is 7.54. The predicted molar refractivity (Wildman–Crippen MR) is 137 cm³/mol. The number of rotatable bonds is 5. The number of anilines is 2. The fourth-order valence-corrected chi connectivity index (χ4v) is 4.51. The molecule has 1 fully saturated rings. The second-order valence-corrected chi connectivity index (χ2v) is 9.01. The van der Waals surface area contributed by atoms with Gasteiger partial charge >= 0.3 is 5.97 Å². The molecule has 0 atom stereocenters. The molecule has 1 heterocycles. The van der Waals surface area contributed by atoms with Crippen LogP contribution in [0.1, 0.15) is 15.9 Å². The Morgan fingerprint density at radius 3 is 2.18 bits per heavy atom. The molecule has 0 amide bonds. The molecule has 1 aliphatic rings. The number of aryl methyl sites for hydroxylation is 1. The summed E-state index contributed by atoms with van der Waals surface area (Å²) in [6.07, 6.45) is 0. The highest BCUT2D eigenvalue weighted by molar-refractivity contribution is 6.02. The van der Waals surface area contributed by atoms with Gasteiger partial charge in [-0.25, -0.2) is 4.79 Å². The van der Waals surface area contributed by atoms with E-state index in [1.807, 2.05) is 31.1 Å². The Bertz CT molecular complexity index is 1130. The van der Waals surface area contributed by atoms with Gasteiger partial charge in [0.1, 0.15) is 0 Å². The third-order valence-corrected chi connectivity index (χ3v) is 6.36. The molecule has 33 heavy (non-hydrogen) atoms. The Hall–Kier alpha value is -3.31. The van der Waals surface area contributed by atoms with Crippen LogP contribution in [0.3, 0.4) is 0 Å². The largest absolute Gasteiger partial charge is 0.465 e. The first kappa shape index (κ1) is 22.9. The van der Waals surface area contributed by atoms with Crippen LogP contribution in [0.15, 0.2) is 60.7 Å². The number of carbonyl (C=O) groups excluding carboxylic acids is 1. The smallest absolute Gasteiger partial charge is 0.340 e. The summed E-state index contributed by atoms with van der Waals surface area (Å²) in [6, 6.07) is 21.2. The Morgan fingerprint density at radius 2 is 1.58 bits per heavy atom. The van der Waals surface area contributed by atoms with Crippen molar-refractivity contribution in [2.45, 2.75) is 6.92 Å². The fourth-order valence-electron chi connectivity index (χ4n) is 4.51. The van der Waals surface area contributed by atoms with Gasteiger partial charge < -0.3 is 19.4 Å². The van der Waals surface area contributed by atoms with Crippen LogP contribution in [-0.2, 0) is 4.74 Å². The first-order chi connectivity index (χ1) is 15.9. The van der Waals surface area contributed by atoms with Crippen molar-refractivity contribution in [2.24, 2.45) is 0 Å². The minimum absolute atomic E-state index is 0.330. The molecule has 3 aromatic rings. The molecule has 5 heteroatoms. The minimum Gasteiger partial charge on any atom is -0.465 e. The maximum atomic E-state index is 12.8. The molecular formula is C28H33N3O2. The summed E-state index contributed by atoms with van der Waals surface area (Å²) in [5.74, 6) is -0.330. The number of piperazine rings is 1. The van der Waals surface area contributed by atoms with Crippen molar-refractivity contribution in [1.29, 1.82) is 0 Å². The number of ether oxygens (including phenoxy) is 1. The molecule has 0 saturated carbocycles. The highest BCUT2D eigenvalue weighted by atomic mass is 16.5. The van der Waals surface area contributed by atoms with Gasteiger partial charge in [0, 0.05) is 51.5 Å². The predicted octanol–water partition coefficient (Wildman–Crippen LogP) is 4.93. The van der Waals surface area contributed by atoms with Gasteiger partial charge in [-0.3, -0.25) is 0 Å². The number of hydrogen-bond donors (Lipinski definition) is 0. The summed E-state index contributed by atoms with van der Waals surface area (Å²) < 4.78 is 5.16. The molecule has 0 N–H and O–H groups in total. The van der Waals surface area contributed by atoms with Crippen LogP contribution in [0.25, 0.3) is 22.3 Å². The van der Waals surface area contributed by atoms with Crippen LogP contribution in [0.2, 0.25) is 0 Å². The Morgan fingerprint density at radius 1 is 0.879 bits per heavy atom. The van der Waals surface area contributed by atoms with E-state index in [2.05, 4.69) is 72.3 Å². The second-order valence-electron chi connectivity index (χ2n) is 9.01. The molecule has 3 aromatic carbocycles. The number of nitrogens with zero attached hydrogens (tertiary/aromatic N) is 3. The average molecular weight is 444 g/mol. The van der Waals surface area contributed by atoms with E-state index in [0.29, 0.717) is 5.56 Å². The molecule has 0 bridgehead atoms. The summed E-state index contributed by atoms with van der Waals surface area (Å²) in [5, 5.41) is 0. The van der Waals surface area contributed by atoms with E-state index in [4.69, 9.17) is 4.74 Å². The molecule has 1 aliphatic heterocycles. The molecule has 172 valence electrons. The molecule has 0 radical (unpaired) electrons. The number of methoxy groups -OCH3 is 1. The van der Waals surface area contributed by atoms with Gasteiger partial charge in [-0.2, -0.15) is 0 Å². The number of likely N-dealkylation sites (N-methyl/N-ethyl adjacent to an activating group) is 1. The standard InChI is InChI=1S/C28H33N3O2/c1-20-7-6-8-22(17-20)23-18-25(27(29(2)3)26(19-23)28(32)33-5)21-9-11-24(12-10-21)31-15-13-30(4)14-16-31/h6-12,17-19H,13-16H2,1-5H3. The molecule has 0 unspecified atom stereocenters. The fraction of sp³-hybridized carbons (Fsp3) is 0.321. The molecule has 0 spiro atoms. The van der Waals surface area contributed by atoms with Gasteiger partial charge in [0.25, 0.3) is 0 Å². The van der Waals surface area contributed by atoms with Gasteiger partial charge in [-0.1, -0.05) is 42.0 Å². The highest BCUT2D eigenvalue weighted by Gasteiger charge is 2.21. The molecule has 5 nitrogen and oxygen atoms in total. The van der Waals surface area contributed by atoms with Crippen LogP contribution in [-0.4, -0.2) is 65.3 Å². The third-order valence-electron chi connectivity index (χ3n) is 6.36. The van der Waals surface area contributed by atoms with Gasteiger partial charge in [0.2, 0.25) is 0 Å². The van der Waals surface area contributed by atoms with Crippen LogP contribution in [0.5, 0.6) is 0 Å². The molecule has 4 rings (SSSR count). The van der Waals surface area contributed by atoms with Gasteiger partial charge in [-0.15, -0.1) is 0 Å². The van der Waals surface area contributed by atoms with E-state index in [-0.39, 0.29) is 5.97 Å². The van der Waals surface area contributed by atoms with Crippen LogP contribution in [0, 0.1) is 6.92 Å². The number of hydrogen-bond acceptors (Lipinski definition) is 5. The van der Waals surface area contributed by atoms with Crippen molar-refractivity contribution in [1.82, 2.24) is 4.90 Å². The molecule has 0 aromatic heterocycles. The van der Waals surface area contributed by atoms with E-state index in [1.165, 1.54) is 18.4 Å². The lowest BCUT2D eigenvalue weighted by atomic mass is 9.92. The summed E-state index contributed by atoms with van der Waals surface area (Å²) in [6.45, 7) is 6.31. The van der Waals surface area contributed by atoms with Gasteiger partial charge in [0.15, 0.2) is 0 Å². The van der Waals surface area contributed by atoms with Crippen molar-refractivity contribution in [2.75, 3.05) is 64.2 Å². The lowest BCUT2D eigenvalue weighted by Crippen LogP contribution is -2.44. The maximum Gasteiger partial charge on any atom is 0.340 e. The zero-order valence-corrected chi connectivity index (χ0v) is 20.3. The SMILES string of the molecule is COC(=O)c1cc(-c2cccc(C)c2)cc(-c2ccc(N3CCN(C)CC3)cc2)c1N(C)C. The van der Waals surface area contributed by atoms with Crippen molar-refractivity contribution < 1.29 is 9.53 Å². The Kier molecular flexibility index (Phi) is 6.70. The highest BCUT2D eigenvalue weighted by Crippen LogP contribution is 2.38. The van der Waals surface area contributed by atoms with Crippen LogP contribution in [0.4, 0.5) is 11.4 Å². The van der Waals surface area contributed by atoms with Crippen molar-refractivity contribution in [3.8, 4) is 22.3 Å². The van der Waals surface area contributed by atoms with E-state index in [0.717, 1.165) is 54.1 Å². The average Bonchev–Trinajstić information content (AvgIpc) is 2.83. The van der Waals surface area contributed by atoms with Crippen LogP contribution < -0.4 is 9.80 Å². The van der Waals surface area contributed by atoms with Crippen molar-refractivity contribution in [3.63, 3.8) is 0 Å². The zero-order valence-electron chi connectivity index (χ0n) is 20.3. The summed E-state index contributed by atoms with van der Waals surface area (Å²) >= 11 is 0. The Balaban J connectivity index is 1.82. The molecular weight excluding hydrogens is 410 g/mol. The van der Waals surface area contributed by atoms with E-state index in [1.54, 1.807) is 0 Å². The van der Waals surface area contributed by atoms with Crippen LogP contribution >= 0.6 is 0 Å². The normalized spacial score (nSPS) is 14.3. The number of esters is 1. The monoisotopic (exact) mass is 443 g/mol. The van der Waals surface area contributed by atoms with E-state index < -0.39 is 0 Å². The number of carbonyl (C=O) groups is 1. The topological polar surface area (TPSA) is 36.0 Å². The zero-order chi connectivity index (χ0) is 23.5. The first-order valence-electron chi connectivity index (χ1n) is 11.4. The van der Waals surface area contributed by atoms with E-state index >= 15 is 0 Å². The third kappa shape index (κ3) is 4.88. The van der Waals surface area contributed by atoms with Crippen molar-refractivity contribution in [3.05, 3.63) is 71.8 Å². The van der Waals surface area contributed by atoms with Gasteiger partial charge in [0.05, 0.1) is 18.4 Å². The minimum atomic E-state index is -0.330. The lowest BCUT2D eigenvalue weighted by molar-refractivity contribution is 0.0601. The van der Waals surface area contributed by atoms with Crippen molar-refractivity contribution >= 4 is 17.3 Å². The Labute approximate surface area is 197 Å². The lowest BCUT2D eigenvalue weighted by Gasteiger charge is -2.34. The summed E-state index contributed by atoms with van der Waals surface area (Å²) in [5.41, 5.74) is 8.04. The summed E-state index contributed by atoms with van der Waals surface area (Å²) in [4.78, 5) is 19.6. The quantitative estimate of drug-likeness (QED) is 0.523. The maximum absolute atomic E-state index is 12.8. The molecule has 1 saturated heterocycles. The van der Waals surface area contributed by atoms with E-state index in [9.17, 15) is 4.79 Å². The second kappa shape index (κ2) is 9.67. The molecule has 0 aliphatic carbocycles. The van der Waals surface area contributed by atoms with Gasteiger partial charge in [-0.05, 0) is 54.9 Å². The number of benzene rings is 3. The first-order valence-corrected chi connectivity index (χ1v) is 11.4.